The molecule has 0 bridgehead atoms. The minimum Gasteiger partial charge on any atom is -0.378 e. The van der Waals surface area contributed by atoms with Gasteiger partial charge in [0.15, 0.2) is 0 Å². The van der Waals surface area contributed by atoms with E-state index in [2.05, 4.69) is 19.0 Å². The first-order chi connectivity index (χ1) is 8.19. The highest BCUT2D eigenvalue weighted by atomic mass is 16.5. The molecule has 0 radical (unpaired) electrons. The van der Waals surface area contributed by atoms with Gasteiger partial charge in [-0.15, -0.1) is 0 Å². The Morgan fingerprint density at radius 3 is 3.00 bits per heavy atom. The van der Waals surface area contributed by atoms with Crippen LogP contribution in [0, 0.1) is 12.8 Å². The Labute approximate surface area is 104 Å². The van der Waals surface area contributed by atoms with Gasteiger partial charge in [-0.25, -0.2) is 0 Å². The highest BCUT2D eigenvalue weighted by Crippen LogP contribution is 2.29. The van der Waals surface area contributed by atoms with Gasteiger partial charge < -0.3 is 9.26 Å². The van der Waals surface area contributed by atoms with E-state index in [1.165, 1.54) is 19.3 Å². The molecule has 0 aromatic carbocycles. The zero-order valence-electron chi connectivity index (χ0n) is 11.1. The molecule has 0 amide bonds. The van der Waals surface area contributed by atoms with Crippen molar-refractivity contribution in [3.05, 3.63) is 17.5 Å². The minimum atomic E-state index is 0.403. The lowest BCUT2D eigenvalue weighted by molar-refractivity contribution is -0.0169. The van der Waals surface area contributed by atoms with Gasteiger partial charge in [-0.3, -0.25) is 0 Å². The van der Waals surface area contributed by atoms with Crippen molar-refractivity contribution in [2.24, 2.45) is 5.92 Å². The van der Waals surface area contributed by atoms with Gasteiger partial charge in [0.1, 0.15) is 5.76 Å². The fraction of sp³-hybridized carbons (Fsp3) is 0.786. The molecular weight excluding hydrogens is 214 g/mol. The molecule has 3 nitrogen and oxygen atoms in total. The lowest BCUT2D eigenvalue weighted by atomic mass is 9.88. The van der Waals surface area contributed by atoms with E-state index in [4.69, 9.17) is 9.26 Å². The van der Waals surface area contributed by atoms with Crippen LogP contribution in [-0.2, 0) is 4.74 Å². The minimum absolute atomic E-state index is 0.403. The van der Waals surface area contributed by atoms with Gasteiger partial charge in [0.05, 0.1) is 11.8 Å². The first kappa shape index (κ1) is 12.6. The van der Waals surface area contributed by atoms with E-state index in [9.17, 15) is 0 Å². The summed E-state index contributed by atoms with van der Waals surface area (Å²) in [5.41, 5.74) is 1.06. The van der Waals surface area contributed by atoms with Crippen LogP contribution in [0.15, 0.2) is 10.6 Å². The molecule has 0 saturated carbocycles. The van der Waals surface area contributed by atoms with Crippen LogP contribution in [0.25, 0.3) is 0 Å². The predicted molar refractivity (Wildman–Crippen MR) is 67.0 cm³/mol. The lowest BCUT2D eigenvalue weighted by Crippen LogP contribution is -2.26. The summed E-state index contributed by atoms with van der Waals surface area (Å²) < 4.78 is 11.0. The highest BCUT2D eigenvalue weighted by molar-refractivity contribution is 5.08. The summed E-state index contributed by atoms with van der Waals surface area (Å²) in [6.07, 6.45) is 5.17. The van der Waals surface area contributed by atoms with E-state index in [0.717, 1.165) is 30.4 Å². The second-order valence-electron chi connectivity index (χ2n) is 5.29. The van der Waals surface area contributed by atoms with E-state index in [1.54, 1.807) is 0 Å². The molecule has 2 heterocycles. The molecule has 2 rings (SSSR count). The molecule has 0 aliphatic carbocycles. The van der Waals surface area contributed by atoms with Crippen LogP contribution in [0.4, 0.5) is 0 Å². The fourth-order valence-corrected chi connectivity index (χ4v) is 2.63. The Hall–Kier alpha value is -0.830. The van der Waals surface area contributed by atoms with Crippen LogP contribution in [0.2, 0.25) is 0 Å². The van der Waals surface area contributed by atoms with Crippen LogP contribution in [0.3, 0.4) is 0 Å². The normalized spacial score (nSPS) is 27.0. The van der Waals surface area contributed by atoms with E-state index in [-0.39, 0.29) is 0 Å². The van der Waals surface area contributed by atoms with Crippen molar-refractivity contribution < 1.29 is 9.26 Å². The van der Waals surface area contributed by atoms with Crippen LogP contribution in [-0.4, -0.2) is 17.9 Å². The maximum absolute atomic E-state index is 5.85. The third kappa shape index (κ3) is 3.32. The summed E-state index contributed by atoms with van der Waals surface area (Å²) >= 11 is 0. The summed E-state index contributed by atoms with van der Waals surface area (Å²) in [6, 6.07) is 2.03. The number of aryl methyl sites for hydroxylation is 1. The standard InChI is InChI=1S/C14H23NO2/c1-4-12-5-6-16-13(9-12)7-10(2)14-8-11(3)17-15-14/h8,10,12-13H,4-7,9H2,1-3H3. The number of nitrogens with zero attached hydrogens (tertiary/aromatic N) is 1. The first-order valence-corrected chi connectivity index (χ1v) is 6.73. The molecule has 3 heteroatoms. The van der Waals surface area contributed by atoms with Crippen molar-refractivity contribution in [2.45, 2.75) is 58.5 Å². The van der Waals surface area contributed by atoms with Crippen molar-refractivity contribution in [3.8, 4) is 0 Å². The molecule has 1 aliphatic rings. The van der Waals surface area contributed by atoms with Gasteiger partial charge in [-0.1, -0.05) is 25.4 Å². The van der Waals surface area contributed by atoms with Gasteiger partial charge in [-0.2, -0.15) is 0 Å². The Kier molecular flexibility index (Phi) is 4.21. The lowest BCUT2D eigenvalue weighted by Gasteiger charge is -2.30. The number of aromatic nitrogens is 1. The number of hydrogen-bond acceptors (Lipinski definition) is 3. The van der Waals surface area contributed by atoms with E-state index < -0.39 is 0 Å². The summed E-state index contributed by atoms with van der Waals surface area (Å²) in [7, 11) is 0. The van der Waals surface area contributed by atoms with Crippen LogP contribution >= 0.6 is 0 Å². The maximum Gasteiger partial charge on any atom is 0.133 e. The maximum atomic E-state index is 5.85. The number of rotatable bonds is 4. The Morgan fingerprint density at radius 1 is 1.53 bits per heavy atom. The molecule has 1 aromatic heterocycles. The summed E-state index contributed by atoms with van der Waals surface area (Å²) in [5, 5.41) is 4.09. The van der Waals surface area contributed by atoms with Crippen molar-refractivity contribution >= 4 is 0 Å². The Morgan fingerprint density at radius 2 is 2.35 bits per heavy atom. The zero-order valence-corrected chi connectivity index (χ0v) is 11.1. The molecule has 96 valence electrons. The monoisotopic (exact) mass is 237 g/mol. The van der Waals surface area contributed by atoms with E-state index >= 15 is 0 Å². The van der Waals surface area contributed by atoms with Gasteiger partial charge in [-0.05, 0) is 32.1 Å². The van der Waals surface area contributed by atoms with Crippen molar-refractivity contribution in [1.82, 2.24) is 5.16 Å². The fourth-order valence-electron chi connectivity index (χ4n) is 2.63. The molecule has 1 fully saturated rings. The Bertz CT molecular complexity index is 348. The summed E-state index contributed by atoms with van der Waals surface area (Å²) in [6.45, 7) is 7.34. The van der Waals surface area contributed by atoms with Crippen molar-refractivity contribution in [1.29, 1.82) is 0 Å². The van der Waals surface area contributed by atoms with Gasteiger partial charge >= 0.3 is 0 Å². The summed E-state index contributed by atoms with van der Waals surface area (Å²) in [5.74, 6) is 2.16. The average Bonchev–Trinajstić information content (AvgIpc) is 2.76. The zero-order chi connectivity index (χ0) is 12.3. The molecule has 3 atom stereocenters. The molecule has 0 spiro atoms. The molecular formula is C14H23NO2. The predicted octanol–water partition coefficient (Wildman–Crippen LogP) is 3.68. The van der Waals surface area contributed by atoms with E-state index in [0.29, 0.717) is 12.0 Å². The molecule has 0 N–H and O–H groups in total. The average molecular weight is 237 g/mol. The van der Waals surface area contributed by atoms with Crippen LogP contribution in [0.1, 0.15) is 56.9 Å². The number of ether oxygens (including phenoxy) is 1. The van der Waals surface area contributed by atoms with Crippen molar-refractivity contribution in [2.75, 3.05) is 6.61 Å². The second kappa shape index (κ2) is 5.67. The third-order valence-corrected chi connectivity index (χ3v) is 3.82. The molecule has 1 aromatic rings. The van der Waals surface area contributed by atoms with Crippen molar-refractivity contribution in [3.63, 3.8) is 0 Å². The van der Waals surface area contributed by atoms with Gasteiger partial charge in [0, 0.05) is 18.6 Å². The first-order valence-electron chi connectivity index (χ1n) is 6.73. The smallest absolute Gasteiger partial charge is 0.133 e. The van der Waals surface area contributed by atoms with Gasteiger partial charge in [0.25, 0.3) is 0 Å². The number of hydrogen-bond donors (Lipinski definition) is 0. The molecule has 1 saturated heterocycles. The van der Waals surface area contributed by atoms with Crippen LogP contribution in [0.5, 0.6) is 0 Å². The third-order valence-electron chi connectivity index (χ3n) is 3.82. The topological polar surface area (TPSA) is 35.3 Å². The largest absolute Gasteiger partial charge is 0.378 e. The quantitative estimate of drug-likeness (QED) is 0.801. The molecule has 3 unspecified atom stereocenters. The summed E-state index contributed by atoms with van der Waals surface area (Å²) in [4.78, 5) is 0. The van der Waals surface area contributed by atoms with E-state index in [1.807, 2.05) is 13.0 Å². The Balaban J connectivity index is 1.87. The molecule has 17 heavy (non-hydrogen) atoms. The van der Waals surface area contributed by atoms with Crippen LogP contribution < -0.4 is 0 Å². The van der Waals surface area contributed by atoms with Gasteiger partial charge in [0.2, 0.25) is 0 Å². The molecule has 1 aliphatic heterocycles. The SMILES string of the molecule is CCC1CCOC(CC(C)c2cc(C)on2)C1. The highest BCUT2D eigenvalue weighted by Gasteiger charge is 2.24. The second-order valence-corrected chi connectivity index (χ2v) is 5.29.